The van der Waals surface area contributed by atoms with Gasteiger partial charge in [-0.3, -0.25) is 4.57 Å². The van der Waals surface area contributed by atoms with E-state index >= 15 is 0 Å². The van der Waals surface area contributed by atoms with Crippen molar-refractivity contribution < 1.29 is 36.7 Å². The lowest BCUT2D eigenvalue weighted by molar-refractivity contribution is -0.192. The number of carboxylic acids is 1. The molecular formula is C15H29F3NO5P. The Morgan fingerprint density at radius 3 is 2.24 bits per heavy atom. The SMILES string of the molecule is CCOP(=O)(CCCC1CCCNCC1)OCC.O=C(O)C(F)(F)F. The summed E-state index contributed by atoms with van der Waals surface area (Å²) in [5, 5.41) is 10.5. The van der Waals surface area contributed by atoms with Crippen LogP contribution in [0.5, 0.6) is 0 Å². The van der Waals surface area contributed by atoms with Crippen LogP contribution in [-0.2, 0) is 18.4 Å². The van der Waals surface area contributed by atoms with E-state index in [0.29, 0.717) is 19.4 Å². The van der Waals surface area contributed by atoms with E-state index < -0.39 is 19.7 Å². The van der Waals surface area contributed by atoms with Crippen LogP contribution in [0.15, 0.2) is 0 Å². The monoisotopic (exact) mass is 391 g/mol. The van der Waals surface area contributed by atoms with Gasteiger partial charge in [0.25, 0.3) is 0 Å². The zero-order valence-electron chi connectivity index (χ0n) is 14.8. The average molecular weight is 391 g/mol. The number of alkyl halides is 3. The first-order valence-corrected chi connectivity index (χ1v) is 10.3. The number of halogens is 3. The molecule has 10 heteroatoms. The first-order chi connectivity index (χ1) is 11.6. The van der Waals surface area contributed by atoms with Crippen LogP contribution in [0.1, 0.15) is 46.0 Å². The summed E-state index contributed by atoms with van der Waals surface area (Å²) in [7, 11) is -2.81. The Morgan fingerprint density at radius 1 is 1.20 bits per heavy atom. The fraction of sp³-hybridized carbons (Fsp3) is 0.933. The third-order valence-electron chi connectivity index (χ3n) is 3.63. The second-order valence-electron chi connectivity index (χ2n) is 5.66. The van der Waals surface area contributed by atoms with Gasteiger partial charge in [0.1, 0.15) is 0 Å². The molecule has 2 N–H and O–H groups in total. The summed E-state index contributed by atoms with van der Waals surface area (Å²) in [6, 6.07) is 0. The largest absolute Gasteiger partial charge is 0.490 e. The van der Waals surface area contributed by atoms with Crippen molar-refractivity contribution in [3.8, 4) is 0 Å². The molecular weight excluding hydrogens is 362 g/mol. The lowest BCUT2D eigenvalue weighted by Crippen LogP contribution is -2.21. The molecule has 1 heterocycles. The summed E-state index contributed by atoms with van der Waals surface area (Å²) in [6.07, 6.45) is 1.37. The quantitative estimate of drug-likeness (QED) is 0.607. The molecule has 0 bridgehead atoms. The fourth-order valence-corrected chi connectivity index (χ4v) is 4.20. The molecule has 1 aliphatic rings. The van der Waals surface area contributed by atoms with Crippen molar-refractivity contribution in [3.63, 3.8) is 0 Å². The van der Waals surface area contributed by atoms with Crippen LogP contribution in [0, 0.1) is 5.92 Å². The van der Waals surface area contributed by atoms with E-state index in [2.05, 4.69) is 5.32 Å². The Morgan fingerprint density at radius 2 is 1.76 bits per heavy atom. The highest BCUT2D eigenvalue weighted by atomic mass is 31.2. The first kappa shape index (κ1) is 24.4. The van der Waals surface area contributed by atoms with Gasteiger partial charge in [0.05, 0.1) is 19.4 Å². The predicted molar refractivity (Wildman–Crippen MR) is 88.9 cm³/mol. The van der Waals surface area contributed by atoms with E-state index in [1.165, 1.54) is 19.3 Å². The second-order valence-corrected chi connectivity index (χ2v) is 7.85. The Hall–Kier alpha value is -0.630. The van der Waals surface area contributed by atoms with Gasteiger partial charge in [0.2, 0.25) is 0 Å². The standard InChI is InChI=1S/C13H28NO3P.C2HF3O2/c1-3-16-18(15,17-4-2)12-6-8-13-7-5-10-14-11-9-13;3-2(4,5)1(6)7/h13-14H,3-12H2,1-2H3;(H,6,7). The normalized spacial score (nSPS) is 18.8. The van der Waals surface area contributed by atoms with E-state index in [9.17, 15) is 17.7 Å². The van der Waals surface area contributed by atoms with Gasteiger partial charge in [-0.25, -0.2) is 4.79 Å². The number of nitrogens with one attached hydrogen (secondary N) is 1. The van der Waals surface area contributed by atoms with E-state index in [0.717, 1.165) is 31.8 Å². The summed E-state index contributed by atoms with van der Waals surface area (Å²) in [5.74, 6) is -1.98. The molecule has 0 aromatic carbocycles. The smallest absolute Gasteiger partial charge is 0.475 e. The topological polar surface area (TPSA) is 84.9 Å². The first-order valence-electron chi connectivity index (χ1n) is 8.53. The summed E-state index contributed by atoms with van der Waals surface area (Å²) in [6.45, 7) is 6.92. The van der Waals surface area contributed by atoms with Crippen LogP contribution in [0.3, 0.4) is 0 Å². The van der Waals surface area contributed by atoms with E-state index in [-0.39, 0.29) is 0 Å². The lowest BCUT2D eigenvalue weighted by atomic mass is 9.96. The molecule has 1 rings (SSSR count). The molecule has 0 amide bonds. The van der Waals surface area contributed by atoms with Crippen LogP contribution in [-0.4, -0.2) is 49.7 Å². The Balaban J connectivity index is 0.000000697. The van der Waals surface area contributed by atoms with Crippen LogP contribution in [0.2, 0.25) is 0 Å². The maximum Gasteiger partial charge on any atom is 0.490 e. The summed E-state index contributed by atoms with van der Waals surface area (Å²) >= 11 is 0. The molecule has 150 valence electrons. The third kappa shape index (κ3) is 12.4. The maximum absolute atomic E-state index is 12.3. The highest BCUT2D eigenvalue weighted by Gasteiger charge is 2.38. The van der Waals surface area contributed by atoms with Crippen LogP contribution in [0.4, 0.5) is 13.2 Å². The summed E-state index contributed by atoms with van der Waals surface area (Å²) < 4.78 is 54.6. The van der Waals surface area contributed by atoms with Gasteiger partial charge in [0, 0.05) is 0 Å². The Bertz CT molecular complexity index is 402. The molecule has 1 atom stereocenters. The van der Waals surface area contributed by atoms with Gasteiger partial charge in [-0.2, -0.15) is 13.2 Å². The minimum Gasteiger partial charge on any atom is -0.475 e. The molecule has 0 aromatic heterocycles. The molecule has 1 aliphatic heterocycles. The van der Waals surface area contributed by atoms with Gasteiger partial charge < -0.3 is 19.5 Å². The van der Waals surface area contributed by atoms with Crippen LogP contribution in [0.25, 0.3) is 0 Å². The van der Waals surface area contributed by atoms with Crippen molar-refractivity contribution in [2.24, 2.45) is 5.92 Å². The van der Waals surface area contributed by atoms with Crippen molar-refractivity contribution in [1.29, 1.82) is 0 Å². The van der Waals surface area contributed by atoms with Crippen molar-refractivity contribution in [2.75, 3.05) is 32.5 Å². The maximum atomic E-state index is 12.3. The third-order valence-corrected chi connectivity index (χ3v) is 5.80. The van der Waals surface area contributed by atoms with E-state index in [4.69, 9.17) is 18.9 Å². The molecule has 0 spiro atoms. The molecule has 0 aliphatic carbocycles. The average Bonchev–Trinajstić information content (AvgIpc) is 2.76. The molecule has 0 radical (unpaired) electrons. The molecule has 1 fully saturated rings. The molecule has 0 saturated carbocycles. The predicted octanol–water partition coefficient (Wildman–Crippen LogP) is 4.06. The molecule has 6 nitrogen and oxygen atoms in total. The van der Waals surface area contributed by atoms with Gasteiger partial charge in [0.15, 0.2) is 0 Å². The number of carbonyl (C=O) groups is 1. The highest BCUT2D eigenvalue weighted by Crippen LogP contribution is 2.49. The molecule has 0 aromatic rings. The summed E-state index contributed by atoms with van der Waals surface area (Å²) in [5.41, 5.74) is 0. The van der Waals surface area contributed by atoms with Crippen molar-refractivity contribution in [1.82, 2.24) is 5.32 Å². The zero-order chi connectivity index (χ0) is 19.3. The van der Waals surface area contributed by atoms with E-state index in [1.54, 1.807) is 0 Å². The van der Waals surface area contributed by atoms with Gasteiger partial charge in [-0.05, 0) is 65.0 Å². The highest BCUT2D eigenvalue weighted by molar-refractivity contribution is 7.53. The number of rotatable bonds is 8. The fourth-order valence-electron chi connectivity index (χ4n) is 2.51. The van der Waals surface area contributed by atoms with E-state index in [1.807, 2.05) is 13.8 Å². The Kier molecular flexibility index (Phi) is 12.4. The number of carboxylic acid groups (broad SMARTS) is 1. The minimum absolute atomic E-state index is 0.463. The molecule has 1 unspecified atom stereocenters. The van der Waals surface area contributed by atoms with Gasteiger partial charge in [-0.1, -0.05) is 0 Å². The minimum atomic E-state index is -5.08. The molecule has 25 heavy (non-hydrogen) atoms. The number of hydrogen-bond donors (Lipinski definition) is 2. The van der Waals surface area contributed by atoms with Crippen molar-refractivity contribution >= 4 is 13.6 Å². The molecule has 1 saturated heterocycles. The van der Waals surface area contributed by atoms with Crippen LogP contribution < -0.4 is 5.32 Å². The number of hydrogen-bond acceptors (Lipinski definition) is 5. The number of aliphatic carboxylic acids is 1. The van der Waals surface area contributed by atoms with Gasteiger partial charge >= 0.3 is 19.7 Å². The van der Waals surface area contributed by atoms with Crippen LogP contribution >= 0.6 is 7.60 Å². The van der Waals surface area contributed by atoms with Crippen molar-refractivity contribution in [3.05, 3.63) is 0 Å². The second kappa shape index (κ2) is 12.7. The summed E-state index contributed by atoms with van der Waals surface area (Å²) in [4.78, 5) is 8.90. The Labute approximate surface area is 147 Å². The van der Waals surface area contributed by atoms with Crippen molar-refractivity contribution in [2.45, 2.75) is 52.1 Å². The van der Waals surface area contributed by atoms with Gasteiger partial charge in [-0.15, -0.1) is 0 Å². The zero-order valence-corrected chi connectivity index (χ0v) is 15.7. The lowest BCUT2D eigenvalue weighted by Gasteiger charge is -2.18.